The van der Waals surface area contributed by atoms with Crippen LogP contribution in [0.5, 0.6) is 17.2 Å². The van der Waals surface area contributed by atoms with E-state index in [1.54, 1.807) is 12.1 Å². The summed E-state index contributed by atoms with van der Waals surface area (Å²) in [6.45, 7) is 5.82. The first-order valence-electron chi connectivity index (χ1n) is 6.79. The van der Waals surface area contributed by atoms with E-state index >= 15 is 0 Å². The fourth-order valence-corrected chi connectivity index (χ4v) is 3.16. The number of rotatable bonds is 3. The van der Waals surface area contributed by atoms with Crippen LogP contribution in [0, 0.1) is 0 Å². The Labute approximate surface area is 128 Å². The minimum atomic E-state index is -2.79. The zero-order valence-electron chi connectivity index (χ0n) is 12.4. The van der Waals surface area contributed by atoms with E-state index in [2.05, 4.69) is 4.67 Å². The van der Waals surface area contributed by atoms with Crippen LogP contribution in [0.15, 0.2) is 24.3 Å². The second kappa shape index (κ2) is 5.09. The largest absolute Gasteiger partial charge is 0.781 e. The van der Waals surface area contributed by atoms with Crippen molar-refractivity contribution in [3.05, 3.63) is 29.8 Å². The molecule has 1 unspecified atom stereocenters. The van der Waals surface area contributed by atoms with E-state index in [1.165, 1.54) is 0 Å². The summed E-state index contributed by atoms with van der Waals surface area (Å²) in [4.78, 5) is 0. The molecule has 22 heavy (non-hydrogen) atoms. The van der Waals surface area contributed by atoms with Gasteiger partial charge in [-0.2, -0.15) is 0 Å². The van der Waals surface area contributed by atoms with E-state index in [9.17, 15) is 9.67 Å². The van der Waals surface area contributed by atoms with E-state index in [-0.39, 0.29) is 17.6 Å². The zero-order valence-corrected chi connectivity index (χ0v) is 13.3. The smallest absolute Gasteiger partial charge is 0.504 e. The second-order valence-corrected chi connectivity index (χ2v) is 6.60. The molecule has 2 atom stereocenters. The summed E-state index contributed by atoms with van der Waals surface area (Å²) in [5, 5.41) is 20.4. The van der Waals surface area contributed by atoms with Crippen molar-refractivity contribution in [1.82, 2.24) is 0 Å². The molecule has 7 heteroatoms. The summed E-state index contributed by atoms with van der Waals surface area (Å²) in [5.74, 6) is 0.455. The molecule has 0 aliphatic carbocycles. The van der Waals surface area contributed by atoms with E-state index in [0.29, 0.717) is 16.7 Å². The summed E-state index contributed by atoms with van der Waals surface area (Å²) in [7, 11) is -2.79. The molecule has 0 radical (unpaired) electrons. The van der Waals surface area contributed by atoms with Crippen molar-refractivity contribution in [2.24, 2.45) is 0 Å². The van der Waals surface area contributed by atoms with E-state index in [4.69, 9.17) is 14.5 Å². The lowest BCUT2D eigenvalue weighted by Crippen LogP contribution is -2.28. The van der Waals surface area contributed by atoms with Crippen molar-refractivity contribution in [2.75, 3.05) is 0 Å². The Kier molecular flexibility index (Phi) is 3.48. The fraction of sp³-hybridized carbons (Fsp3) is 0.333. The minimum absolute atomic E-state index is 0.00952. The summed E-state index contributed by atoms with van der Waals surface area (Å²) < 4.78 is 26.1. The molecule has 1 aliphatic heterocycles. The Morgan fingerprint density at radius 3 is 2.55 bits per heavy atom. The highest BCUT2D eigenvalue weighted by atomic mass is 31.1. The predicted molar refractivity (Wildman–Crippen MR) is 80.7 cm³/mol. The van der Waals surface area contributed by atoms with Gasteiger partial charge in [0.2, 0.25) is 5.75 Å². The molecular weight excluding hydrogens is 307 g/mol. The molecule has 0 saturated heterocycles. The first-order chi connectivity index (χ1) is 10.4. The van der Waals surface area contributed by atoms with Gasteiger partial charge in [0.1, 0.15) is 11.9 Å². The van der Waals surface area contributed by atoms with Crippen LogP contribution >= 0.6 is 8.25 Å². The Hall–Kier alpha value is -1.88. The Bertz CT molecular complexity index is 770. The number of hydrogen-bond acceptors (Lipinski definition) is 6. The van der Waals surface area contributed by atoms with E-state index < -0.39 is 13.7 Å². The van der Waals surface area contributed by atoms with Gasteiger partial charge in [0, 0.05) is 26.3 Å². The third-order valence-corrected chi connectivity index (χ3v) is 4.75. The van der Waals surface area contributed by atoms with Crippen LogP contribution in [0.3, 0.4) is 0 Å². The van der Waals surface area contributed by atoms with Crippen LogP contribution in [0.1, 0.15) is 26.3 Å². The number of hydrogen-bond donors (Lipinski definition) is 2. The average molecular weight is 323 g/mol. The third kappa shape index (κ3) is 2.03. The predicted octanol–water partition coefficient (Wildman–Crippen LogP) is 4.13. The molecule has 2 N–H and O–H groups in total. The van der Waals surface area contributed by atoms with Crippen molar-refractivity contribution < 1.29 is 28.9 Å². The summed E-state index contributed by atoms with van der Waals surface area (Å²) in [6.07, 6.45) is -0.144. The maximum absolute atomic E-state index is 11.4. The van der Waals surface area contributed by atoms with Gasteiger partial charge in [-0.15, -0.1) is 0 Å². The number of phenols is 1. The first-order valence-corrected chi connectivity index (χ1v) is 7.89. The molecule has 0 saturated carbocycles. The van der Waals surface area contributed by atoms with Gasteiger partial charge < -0.3 is 9.84 Å². The monoisotopic (exact) mass is 323 g/mol. The standard InChI is InChI=1S/C15H15O6P/c1-8-15(2,3)11-12(16)14(20-22(18)21-17)10-7-5-4-6-9(10)13(11)19-8/h4-8H,1-3H3,(H-,16,17)/p+1/t8-/m1/s1. The zero-order chi connectivity index (χ0) is 16.1. The van der Waals surface area contributed by atoms with Gasteiger partial charge in [-0.25, -0.2) is 9.78 Å². The number of benzene rings is 2. The molecule has 3 rings (SSSR count). The molecule has 0 amide bonds. The normalized spacial score (nSPS) is 19.6. The fourth-order valence-electron chi connectivity index (χ4n) is 2.79. The number of phenolic OH excluding ortho intramolecular Hbond substituents is 1. The van der Waals surface area contributed by atoms with Crippen molar-refractivity contribution >= 4 is 19.0 Å². The van der Waals surface area contributed by atoms with Gasteiger partial charge in [-0.3, -0.25) is 0 Å². The molecule has 1 heterocycles. The summed E-state index contributed by atoms with van der Waals surface area (Å²) in [6, 6.07) is 7.15. The number of ether oxygens (including phenoxy) is 1. The molecule has 116 valence electrons. The van der Waals surface area contributed by atoms with Crippen LogP contribution in [0.25, 0.3) is 10.8 Å². The molecule has 0 bridgehead atoms. The quantitative estimate of drug-likeness (QED) is 0.502. The van der Waals surface area contributed by atoms with Crippen LogP contribution in [-0.4, -0.2) is 16.5 Å². The molecule has 2 aromatic rings. The highest BCUT2D eigenvalue weighted by Crippen LogP contribution is 2.56. The van der Waals surface area contributed by atoms with Gasteiger partial charge >= 0.3 is 8.25 Å². The van der Waals surface area contributed by atoms with Gasteiger partial charge in [0.15, 0.2) is 5.75 Å². The van der Waals surface area contributed by atoms with E-state index in [1.807, 2.05) is 32.9 Å². The average Bonchev–Trinajstić information content (AvgIpc) is 2.74. The first kappa shape index (κ1) is 15.0. The van der Waals surface area contributed by atoms with Crippen molar-refractivity contribution in [1.29, 1.82) is 0 Å². The second-order valence-electron chi connectivity index (χ2n) is 5.81. The maximum Gasteiger partial charge on any atom is 0.781 e. The lowest BCUT2D eigenvalue weighted by molar-refractivity contribution is -0.137. The SMILES string of the molecule is C[C@H]1Oc2c(c(O)c(O[P+](=O)OO)c3ccccc23)C1(C)C. The Morgan fingerprint density at radius 2 is 1.91 bits per heavy atom. The topological polar surface area (TPSA) is 85.2 Å². The van der Waals surface area contributed by atoms with Crippen molar-refractivity contribution in [2.45, 2.75) is 32.3 Å². The van der Waals surface area contributed by atoms with Gasteiger partial charge in [0.25, 0.3) is 0 Å². The minimum Gasteiger partial charge on any atom is -0.504 e. The molecule has 2 aromatic carbocycles. The lowest BCUT2D eigenvalue weighted by Gasteiger charge is -2.22. The maximum atomic E-state index is 11.4. The van der Waals surface area contributed by atoms with Crippen LogP contribution in [0.2, 0.25) is 0 Å². The van der Waals surface area contributed by atoms with Gasteiger partial charge in [-0.05, 0) is 6.92 Å². The number of fused-ring (bicyclic) bond motifs is 3. The Morgan fingerprint density at radius 1 is 1.27 bits per heavy atom. The van der Waals surface area contributed by atoms with Crippen molar-refractivity contribution in [3.63, 3.8) is 0 Å². The number of aromatic hydroxyl groups is 1. The highest BCUT2D eigenvalue weighted by Gasteiger charge is 2.44. The van der Waals surface area contributed by atoms with Crippen LogP contribution in [0.4, 0.5) is 0 Å². The van der Waals surface area contributed by atoms with Crippen molar-refractivity contribution in [3.8, 4) is 17.2 Å². The van der Waals surface area contributed by atoms with Crippen LogP contribution in [-0.2, 0) is 14.7 Å². The highest BCUT2D eigenvalue weighted by molar-refractivity contribution is 7.33. The van der Waals surface area contributed by atoms with Crippen LogP contribution < -0.4 is 9.26 Å². The molecule has 6 nitrogen and oxygen atoms in total. The van der Waals surface area contributed by atoms with E-state index in [0.717, 1.165) is 5.39 Å². The van der Waals surface area contributed by atoms with Gasteiger partial charge in [0.05, 0.1) is 4.67 Å². The summed E-state index contributed by atoms with van der Waals surface area (Å²) >= 11 is 0. The Balaban J connectivity index is 2.35. The molecule has 0 aromatic heterocycles. The summed E-state index contributed by atoms with van der Waals surface area (Å²) in [5.41, 5.74) is 0.142. The molecule has 1 aliphatic rings. The molecule has 0 fully saturated rings. The molecule has 0 spiro atoms. The third-order valence-electron chi connectivity index (χ3n) is 4.28. The lowest BCUT2D eigenvalue weighted by atomic mass is 9.80. The van der Waals surface area contributed by atoms with Gasteiger partial charge in [-0.1, -0.05) is 38.1 Å². The molecular formula is C15H16O6P+.